The van der Waals surface area contributed by atoms with Crippen molar-refractivity contribution < 1.29 is 23.7 Å². The summed E-state index contributed by atoms with van der Waals surface area (Å²) in [5.74, 6) is 2.01. The maximum atomic E-state index is 13.9. The Morgan fingerprint density at radius 3 is 2.08 bits per heavy atom. The third kappa shape index (κ3) is 5.11. The first kappa shape index (κ1) is 28.6. The van der Waals surface area contributed by atoms with Gasteiger partial charge in [-0.1, -0.05) is 18.3 Å². The van der Waals surface area contributed by atoms with E-state index in [1.54, 1.807) is 37.7 Å². The maximum absolute atomic E-state index is 13.9. The highest BCUT2D eigenvalue weighted by Gasteiger charge is 2.33. The molecule has 8 nitrogen and oxygen atoms in total. The number of benzene rings is 2. The molecule has 0 saturated carbocycles. The van der Waals surface area contributed by atoms with Crippen LogP contribution in [0.4, 0.5) is 0 Å². The van der Waals surface area contributed by atoms with Crippen LogP contribution in [0.15, 0.2) is 45.3 Å². The fourth-order valence-corrected chi connectivity index (χ4v) is 7.76. The number of aromatic nitrogens is 1. The van der Waals surface area contributed by atoms with Crippen LogP contribution in [0, 0.1) is 7.14 Å². The Morgan fingerprint density at radius 1 is 1.00 bits per heavy atom. The van der Waals surface area contributed by atoms with E-state index in [9.17, 15) is 9.59 Å². The number of nitrogens with zero attached hydrogens (tertiary/aromatic N) is 2. The van der Waals surface area contributed by atoms with Crippen molar-refractivity contribution in [3.05, 3.63) is 73.5 Å². The van der Waals surface area contributed by atoms with Crippen LogP contribution in [0.2, 0.25) is 0 Å². The minimum absolute atomic E-state index is 0.0847. The molecule has 2 aromatic carbocycles. The molecule has 1 atom stereocenters. The molecule has 4 rings (SSSR count). The average Bonchev–Trinajstić information content (AvgIpc) is 3.20. The van der Waals surface area contributed by atoms with Gasteiger partial charge in [-0.15, -0.1) is 0 Å². The Bertz CT molecular complexity index is 1590. The van der Waals surface area contributed by atoms with Crippen molar-refractivity contribution in [2.24, 2.45) is 4.99 Å². The highest BCUT2D eigenvalue weighted by molar-refractivity contribution is 14.1. The lowest BCUT2D eigenvalue weighted by atomic mass is 9.91. The smallest absolute Gasteiger partial charge is 0.271 e. The third-order valence-electron chi connectivity index (χ3n) is 6.17. The predicted octanol–water partition coefficient (Wildman–Crippen LogP) is 4.46. The third-order valence-corrected chi connectivity index (χ3v) is 8.75. The Balaban J connectivity index is 2.01. The topological polar surface area (TPSA) is 88.4 Å². The molecule has 2 heterocycles. The quantitative estimate of drug-likeness (QED) is 0.316. The average molecular weight is 760 g/mol. The van der Waals surface area contributed by atoms with Crippen molar-refractivity contribution in [3.8, 4) is 23.0 Å². The van der Waals surface area contributed by atoms with E-state index in [4.69, 9.17) is 18.9 Å². The van der Waals surface area contributed by atoms with Gasteiger partial charge in [0.15, 0.2) is 22.1 Å². The van der Waals surface area contributed by atoms with E-state index >= 15 is 0 Å². The molecule has 0 fully saturated rings. The molecule has 0 bridgehead atoms. The van der Waals surface area contributed by atoms with Gasteiger partial charge in [-0.2, -0.15) is 0 Å². The van der Waals surface area contributed by atoms with E-state index in [1.807, 2.05) is 18.2 Å². The number of Topliss-reactive ketones (excluding diaryl/α,β-unsaturated/α-hetero) is 1. The van der Waals surface area contributed by atoms with E-state index in [0.29, 0.717) is 43.4 Å². The summed E-state index contributed by atoms with van der Waals surface area (Å²) >= 11 is 5.73. The van der Waals surface area contributed by atoms with Gasteiger partial charge in [0.05, 0.1) is 46.2 Å². The van der Waals surface area contributed by atoms with Crippen LogP contribution >= 0.6 is 56.5 Å². The van der Waals surface area contributed by atoms with Gasteiger partial charge < -0.3 is 18.9 Å². The number of methoxy groups -OCH3 is 4. The van der Waals surface area contributed by atoms with Gasteiger partial charge in [0.25, 0.3) is 5.56 Å². The summed E-state index contributed by atoms with van der Waals surface area (Å²) in [6, 6.07) is 6.78. The summed E-state index contributed by atoms with van der Waals surface area (Å²) in [6.07, 6.45) is 2.12. The molecule has 11 heteroatoms. The highest BCUT2D eigenvalue weighted by atomic mass is 127. The molecule has 1 unspecified atom stereocenters. The Morgan fingerprint density at radius 2 is 1.58 bits per heavy atom. The molecule has 1 aromatic heterocycles. The summed E-state index contributed by atoms with van der Waals surface area (Å²) in [5, 5.41) is 0. The molecule has 0 spiro atoms. The maximum Gasteiger partial charge on any atom is 0.271 e. The number of halogens is 2. The number of hydrogen-bond donors (Lipinski definition) is 0. The van der Waals surface area contributed by atoms with E-state index in [1.165, 1.54) is 32.7 Å². The zero-order valence-electron chi connectivity index (χ0n) is 21.7. The van der Waals surface area contributed by atoms with Crippen LogP contribution < -0.4 is 33.8 Å². The number of allylic oxidation sites excluding steroid dienone is 2. The number of fused-ring (bicyclic) bond motifs is 1. The minimum Gasteiger partial charge on any atom is -0.495 e. The van der Waals surface area contributed by atoms with Crippen LogP contribution in [0.1, 0.15) is 37.4 Å². The van der Waals surface area contributed by atoms with Crippen LogP contribution in [-0.2, 0) is 4.79 Å². The van der Waals surface area contributed by atoms with E-state index in [0.717, 1.165) is 18.5 Å². The lowest BCUT2D eigenvalue weighted by Crippen LogP contribution is -2.39. The number of ketones is 1. The second-order valence-electron chi connectivity index (χ2n) is 8.34. The van der Waals surface area contributed by atoms with Gasteiger partial charge in [-0.05, 0) is 93.6 Å². The van der Waals surface area contributed by atoms with Gasteiger partial charge in [-0.25, -0.2) is 4.99 Å². The van der Waals surface area contributed by atoms with Crippen molar-refractivity contribution >= 4 is 68.4 Å². The van der Waals surface area contributed by atoms with Crippen LogP contribution in [0.5, 0.6) is 23.0 Å². The Kier molecular flexibility index (Phi) is 8.87. The first-order chi connectivity index (χ1) is 18.2. The molecular formula is C27H26I2N2O6S. The van der Waals surface area contributed by atoms with E-state index in [-0.39, 0.29) is 17.8 Å². The van der Waals surface area contributed by atoms with Gasteiger partial charge in [0, 0.05) is 17.7 Å². The molecule has 0 amide bonds. The first-order valence-electron chi connectivity index (χ1n) is 11.6. The SMILES string of the molecule is CCC(=O)C1=C(C)N=c2s/c(=C\c3cc(I)c(OC)c(I)c3)c(=O)n2C1c1cc(OC)c(OC)c(OC)c1. The zero-order chi connectivity index (χ0) is 27.7. The van der Waals surface area contributed by atoms with Gasteiger partial charge in [0.1, 0.15) is 5.75 Å². The van der Waals surface area contributed by atoms with Crippen LogP contribution in [-0.4, -0.2) is 38.8 Å². The molecule has 0 saturated heterocycles. The minimum atomic E-state index is -0.703. The van der Waals surface area contributed by atoms with Crippen molar-refractivity contribution in [1.82, 2.24) is 4.57 Å². The molecule has 0 aliphatic carbocycles. The molecule has 200 valence electrons. The highest BCUT2D eigenvalue weighted by Crippen LogP contribution is 2.42. The summed E-state index contributed by atoms with van der Waals surface area (Å²) in [5.41, 5.74) is 2.34. The van der Waals surface area contributed by atoms with E-state index < -0.39 is 6.04 Å². The number of thiazole rings is 1. The van der Waals surface area contributed by atoms with Crippen molar-refractivity contribution in [3.63, 3.8) is 0 Å². The van der Waals surface area contributed by atoms with Crippen LogP contribution in [0.25, 0.3) is 6.08 Å². The summed E-state index contributed by atoms with van der Waals surface area (Å²) < 4.78 is 26.1. The molecular weight excluding hydrogens is 734 g/mol. The normalized spacial score (nSPS) is 15.2. The van der Waals surface area contributed by atoms with E-state index in [2.05, 4.69) is 50.2 Å². The first-order valence-corrected chi connectivity index (χ1v) is 14.5. The summed E-state index contributed by atoms with van der Waals surface area (Å²) in [6.45, 7) is 3.60. The summed E-state index contributed by atoms with van der Waals surface area (Å²) in [4.78, 5) is 32.3. The fraction of sp³-hybridized carbons (Fsp3) is 0.296. The Hall–Kier alpha value is -2.39. The van der Waals surface area contributed by atoms with Crippen molar-refractivity contribution in [2.45, 2.75) is 26.3 Å². The van der Waals surface area contributed by atoms with Gasteiger partial charge in [0.2, 0.25) is 5.75 Å². The molecule has 0 N–H and O–H groups in total. The molecule has 1 aliphatic rings. The number of ether oxygens (including phenoxy) is 4. The fourth-order valence-electron chi connectivity index (χ4n) is 4.45. The molecule has 38 heavy (non-hydrogen) atoms. The molecule has 0 radical (unpaired) electrons. The lowest BCUT2D eigenvalue weighted by Gasteiger charge is -2.26. The van der Waals surface area contributed by atoms with Gasteiger partial charge in [-0.3, -0.25) is 14.2 Å². The molecule has 1 aliphatic heterocycles. The zero-order valence-corrected chi connectivity index (χ0v) is 26.8. The number of hydrogen-bond acceptors (Lipinski definition) is 8. The summed E-state index contributed by atoms with van der Waals surface area (Å²) in [7, 11) is 6.23. The largest absolute Gasteiger partial charge is 0.495 e. The lowest BCUT2D eigenvalue weighted by molar-refractivity contribution is -0.115. The number of carbonyl (C=O) groups is 1. The second kappa shape index (κ2) is 11.8. The van der Waals surface area contributed by atoms with Crippen molar-refractivity contribution in [1.29, 1.82) is 0 Å². The van der Waals surface area contributed by atoms with Crippen LogP contribution in [0.3, 0.4) is 0 Å². The number of carbonyl (C=O) groups excluding carboxylic acids is 1. The van der Waals surface area contributed by atoms with Gasteiger partial charge >= 0.3 is 0 Å². The molecule has 3 aromatic rings. The Labute approximate surface area is 251 Å². The van der Waals surface area contributed by atoms with Crippen molar-refractivity contribution in [2.75, 3.05) is 28.4 Å². The standard InChI is InChI=1S/C27H26I2N2O6S/c1-7-18(32)22-13(2)30-27-31(23(22)15-11-19(34-3)25(37-6)20(12-15)35-4)26(33)21(38-27)10-14-8-16(28)24(36-5)17(29)9-14/h8-12,23H,7H2,1-6H3/b21-10-. The predicted molar refractivity (Wildman–Crippen MR) is 164 cm³/mol. The second-order valence-corrected chi connectivity index (χ2v) is 11.7. The monoisotopic (exact) mass is 760 g/mol. The number of rotatable bonds is 8.